The lowest BCUT2D eigenvalue weighted by Crippen LogP contribution is -2.38. The SMILES string of the molecule is COc1cc(C(C)(C)c2cnc(SCC3CCN(S(C)(=O)=O)CC3)n2-c2ccc(F)cc2)ccc1Cl. The van der Waals surface area contributed by atoms with Crippen LogP contribution in [-0.4, -0.2) is 54.5 Å². The van der Waals surface area contributed by atoms with Crippen LogP contribution in [-0.2, 0) is 15.4 Å². The van der Waals surface area contributed by atoms with Crippen LogP contribution in [0.15, 0.2) is 53.8 Å². The fraction of sp³-hybridized carbons (Fsp3) is 0.423. The molecule has 194 valence electrons. The Kier molecular flexibility index (Phi) is 8.04. The summed E-state index contributed by atoms with van der Waals surface area (Å²) in [5.74, 6) is 1.52. The molecule has 1 aliphatic heterocycles. The second kappa shape index (κ2) is 10.7. The van der Waals surface area contributed by atoms with E-state index in [1.54, 1.807) is 35.3 Å². The van der Waals surface area contributed by atoms with E-state index in [0.717, 1.165) is 40.7 Å². The van der Waals surface area contributed by atoms with Gasteiger partial charge in [0.05, 0.1) is 30.3 Å². The molecule has 0 N–H and O–H groups in total. The largest absolute Gasteiger partial charge is 0.495 e. The van der Waals surface area contributed by atoms with Gasteiger partial charge >= 0.3 is 0 Å². The van der Waals surface area contributed by atoms with Crippen molar-refractivity contribution >= 4 is 33.4 Å². The molecule has 0 amide bonds. The second-order valence-corrected chi connectivity index (χ2v) is 13.0. The first-order valence-electron chi connectivity index (χ1n) is 11.8. The van der Waals surface area contributed by atoms with Gasteiger partial charge in [-0.1, -0.05) is 43.3 Å². The summed E-state index contributed by atoms with van der Waals surface area (Å²) in [4.78, 5) is 4.77. The minimum absolute atomic E-state index is 0.297. The molecule has 0 unspecified atom stereocenters. The lowest BCUT2D eigenvalue weighted by atomic mass is 9.81. The number of benzene rings is 2. The van der Waals surface area contributed by atoms with E-state index in [0.29, 0.717) is 29.8 Å². The smallest absolute Gasteiger partial charge is 0.211 e. The molecule has 0 bridgehead atoms. The summed E-state index contributed by atoms with van der Waals surface area (Å²) in [6.07, 6.45) is 4.78. The zero-order valence-corrected chi connectivity index (χ0v) is 23.3. The van der Waals surface area contributed by atoms with Crippen molar-refractivity contribution in [1.82, 2.24) is 13.9 Å². The van der Waals surface area contributed by atoms with Gasteiger partial charge in [-0.15, -0.1) is 0 Å². The van der Waals surface area contributed by atoms with Gasteiger partial charge in [0.1, 0.15) is 11.6 Å². The van der Waals surface area contributed by atoms with Gasteiger partial charge in [0.15, 0.2) is 5.16 Å². The molecule has 10 heteroatoms. The van der Waals surface area contributed by atoms with Crippen LogP contribution in [0.4, 0.5) is 4.39 Å². The quantitative estimate of drug-likeness (QED) is 0.333. The number of halogens is 2. The molecule has 1 fully saturated rings. The van der Waals surface area contributed by atoms with Crippen molar-refractivity contribution in [3.05, 3.63) is 70.8 Å². The molecule has 1 saturated heterocycles. The van der Waals surface area contributed by atoms with Crippen LogP contribution < -0.4 is 4.74 Å². The summed E-state index contributed by atoms with van der Waals surface area (Å²) in [6.45, 7) is 5.32. The molecule has 4 rings (SSSR count). The van der Waals surface area contributed by atoms with Crippen molar-refractivity contribution in [2.24, 2.45) is 5.92 Å². The normalized spacial score (nSPS) is 15.8. The summed E-state index contributed by atoms with van der Waals surface area (Å²) in [5.41, 5.74) is 2.33. The van der Waals surface area contributed by atoms with E-state index >= 15 is 0 Å². The van der Waals surface area contributed by atoms with E-state index < -0.39 is 15.4 Å². The minimum Gasteiger partial charge on any atom is -0.495 e. The standard InChI is InChI=1S/C26H31ClFN3O3S2/c1-26(2,19-5-10-22(27)23(15-19)34-3)24-16-29-25(31(24)21-8-6-20(28)7-9-21)35-17-18-11-13-30(14-12-18)36(4,32)33/h5-10,15-16,18H,11-14,17H2,1-4H3. The van der Waals surface area contributed by atoms with Crippen LogP contribution in [0.2, 0.25) is 5.02 Å². The van der Waals surface area contributed by atoms with E-state index in [1.807, 2.05) is 24.4 Å². The number of thioether (sulfide) groups is 1. The molecule has 3 aromatic rings. The number of hydrogen-bond donors (Lipinski definition) is 0. The van der Waals surface area contributed by atoms with E-state index in [9.17, 15) is 12.8 Å². The number of methoxy groups -OCH3 is 1. The third-order valence-electron chi connectivity index (χ3n) is 6.82. The topological polar surface area (TPSA) is 64.4 Å². The maximum Gasteiger partial charge on any atom is 0.211 e. The number of piperidine rings is 1. The number of aromatic nitrogens is 2. The van der Waals surface area contributed by atoms with Crippen molar-refractivity contribution in [3.63, 3.8) is 0 Å². The van der Waals surface area contributed by atoms with Gasteiger partial charge in [0.2, 0.25) is 10.0 Å². The molecule has 36 heavy (non-hydrogen) atoms. The van der Waals surface area contributed by atoms with E-state index in [-0.39, 0.29) is 5.82 Å². The Balaban J connectivity index is 1.64. The van der Waals surface area contributed by atoms with Crippen LogP contribution in [0.5, 0.6) is 5.75 Å². The third-order valence-corrected chi connectivity index (χ3v) is 9.62. The maximum atomic E-state index is 13.8. The molecule has 0 spiro atoms. The maximum absolute atomic E-state index is 13.8. The van der Waals surface area contributed by atoms with Gasteiger partial charge < -0.3 is 4.74 Å². The van der Waals surface area contributed by atoms with Crippen molar-refractivity contribution < 1.29 is 17.5 Å². The van der Waals surface area contributed by atoms with Gasteiger partial charge in [-0.25, -0.2) is 22.1 Å². The highest BCUT2D eigenvalue weighted by Gasteiger charge is 2.31. The average Bonchev–Trinajstić information content (AvgIpc) is 3.28. The Bertz CT molecular complexity index is 1320. The Labute approximate surface area is 221 Å². The van der Waals surface area contributed by atoms with Gasteiger partial charge in [-0.3, -0.25) is 4.57 Å². The fourth-order valence-corrected chi connectivity index (χ4v) is 6.76. The molecule has 0 saturated carbocycles. The summed E-state index contributed by atoms with van der Waals surface area (Å²) in [7, 11) is -1.55. The molecule has 0 aliphatic carbocycles. The number of sulfonamides is 1. The van der Waals surface area contributed by atoms with Crippen molar-refractivity contribution in [2.75, 3.05) is 32.2 Å². The highest BCUT2D eigenvalue weighted by atomic mass is 35.5. The number of ether oxygens (including phenoxy) is 1. The second-order valence-electron chi connectivity index (χ2n) is 9.63. The first-order valence-corrected chi connectivity index (χ1v) is 15.0. The van der Waals surface area contributed by atoms with Crippen molar-refractivity contribution in [3.8, 4) is 11.4 Å². The molecule has 2 heterocycles. The van der Waals surface area contributed by atoms with Crippen LogP contribution in [0.25, 0.3) is 5.69 Å². The van der Waals surface area contributed by atoms with Crippen LogP contribution in [0.1, 0.15) is 37.9 Å². The lowest BCUT2D eigenvalue weighted by molar-refractivity contribution is 0.292. The van der Waals surface area contributed by atoms with Crippen LogP contribution in [0, 0.1) is 11.7 Å². The predicted molar refractivity (Wildman–Crippen MR) is 144 cm³/mol. The summed E-state index contributed by atoms with van der Waals surface area (Å²) in [5, 5.41) is 1.36. The van der Waals surface area contributed by atoms with Gasteiger partial charge in [0, 0.05) is 29.9 Å². The van der Waals surface area contributed by atoms with Gasteiger partial charge in [0.25, 0.3) is 0 Å². The highest BCUT2D eigenvalue weighted by molar-refractivity contribution is 7.99. The summed E-state index contributed by atoms with van der Waals surface area (Å²) in [6, 6.07) is 12.2. The van der Waals surface area contributed by atoms with E-state index in [2.05, 4.69) is 18.4 Å². The lowest BCUT2D eigenvalue weighted by Gasteiger charge is -2.30. The Morgan fingerprint density at radius 2 is 1.83 bits per heavy atom. The van der Waals surface area contributed by atoms with Crippen molar-refractivity contribution in [1.29, 1.82) is 0 Å². The molecular formula is C26H31ClFN3O3S2. The minimum atomic E-state index is -3.15. The highest BCUT2D eigenvalue weighted by Crippen LogP contribution is 2.39. The molecule has 6 nitrogen and oxygen atoms in total. The number of nitrogens with zero attached hydrogens (tertiary/aromatic N) is 3. The van der Waals surface area contributed by atoms with Crippen LogP contribution >= 0.6 is 23.4 Å². The van der Waals surface area contributed by atoms with Gasteiger partial charge in [-0.2, -0.15) is 0 Å². The first-order chi connectivity index (χ1) is 17.0. The van der Waals surface area contributed by atoms with Crippen molar-refractivity contribution in [2.45, 2.75) is 37.3 Å². The Hall–Kier alpha value is -2.07. The molecule has 0 radical (unpaired) electrons. The third kappa shape index (κ3) is 5.74. The Morgan fingerprint density at radius 1 is 1.17 bits per heavy atom. The zero-order valence-electron chi connectivity index (χ0n) is 20.9. The number of imidazole rings is 1. The number of hydrogen-bond acceptors (Lipinski definition) is 5. The Morgan fingerprint density at radius 3 is 2.44 bits per heavy atom. The molecule has 2 aromatic carbocycles. The fourth-order valence-electron chi connectivity index (χ4n) is 4.51. The zero-order chi connectivity index (χ0) is 26.1. The first kappa shape index (κ1) is 27.0. The number of rotatable bonds is 8. The van der Waals surface area contributed by atoms with Crippen LogP contribution in [0.3, 0.4) is 0 Å². The monoisotopic (exact) mass is 551 g/mol. The molecule has 1 aromatic heterocycles. The summed E-state index contributed by atoms with van der Waals surface area (Å²) >= 11 is 7.92. The molecular weight excluding hydrogens is 521 g/mol. The van der Waals surface area contributed by atoms with E-state index in [1.165, 1.54) is 18.4 Å². The average molecular weight is 552 g/mol. The van der Waals surface area contributed by atoms with E-state index in [4.69, 9.17) is 21.3 Å². The molecule has 1 aliphatic rings. The summed E-state index contributed by atoms with van der Waals surface area (Å²) < 4.78 is 46.5. The molecule has 0 atom stereocenters. The predicted octanol–water partition coefficient (Wildman–Crippen LogP) is 5.76. The van der Waals surface area contributed by atoms with Gasteiger partial charge in [-0.05, 0) is 60.7 Å².